The second-order valence-electron chi connectivity index (χ2n) is 3.48. The lowest BCUT2D eigenvalue weighted by Crippen LogP contribution is -2.24. The van der Waals surface area contributed by atoms with Crippen LogP contribution in [0.15, 0.2) is 35.6 Å². The minimum atomic E-state index is -4.10. The first-order valence-electron chi connectivity index (χ1n) is 4.91. The van der Waals surface area contributed by atoms with Crippen molar-refractivity contribution < 1.29 is 17.2 Å². The molecule has 0 amide bonds. The van der Waals surface area contributed by atoms with E-state index >= 15 is 0 Å². The molecular formula is C10H9F2N3O2S. The lowest BCUT2D eigenvalue weighted by atomic mass is 10.3. The topological polar surface area (TPSA) is 74.8 Å². The van der Waals surface area contributed by atoms with E-state index in [1.807, 2.05) is 0 Å². The fourth-order valence-corrected chi connectivity index (χ4v) is 2.41. The Labute approximate surface area is 102 Å². The molecule has 2 rings (SSSR count). The summed E-state index contributed by atoms with van der Waals surface area (Å²) in [5.74, 6) is -1.83. The van der Waals surface area contributed by atoms with Gasteiger partial charge >= 0.3 is 0 Å². The highest BCUT2D eigenvalue weighted by atomic mass is 32.2. The van der Waals surface area contributed by atoms with Crippen LogP contribution in [0.2, 0.25) is 0 Å². The highest BCUT2D eigenvalue weighted by Gasteiger charge is 2.19. The van der Waals surface area contributed by atoms with Gasteiger partial charge in [-0.05, 0) is 18.2 Å². The molecule has 18 heavy (non-hydrogen) atoms. The fourth-order valence-electron chi connectivity index (χ4n) is 1.32. The van der Waals surface area contributed by atoms with Crippen molar-refractivity contribution in [3.8, 4) is 0 Å². The van der Waals surface area contributed by atoms with Gasteiger partial charge in [-0.2, -0.15) is 0 Å². The van der Waals surface area contributed by atoms with E-state index in [2.05, 4.69) is 14.7 Å². The number of rotatable bonds is 4. The Bertz CT molecular complexity index is 641. The number of sulfonamides is 1. The molecule has 1 aromatic heterocycles. The third-order valence-electron chi connectivity index (χ3n) is 2.19. The summed E-state index contributed by atoms with van der Waals surface area (Å²) in [5, 5.41) is 0. The average Bonchev–Trinajstić information content (AvgIpc) is 2.83. The van der Waals surface area contributed by atoms with Gasteiger partial charge in [0.1, 0.15) is 16.5 Å². The highest BCUT2D eigenvalue weighted by Crippen LogP contribution is 2.15. The van der Waals surface area contributed by atoms with Gasteiger partial charge in [0.25, 0.3) is 0 Å². The summed E-state index contributed by atoms with van der Waals surface area (Å²) in [4.78, 5) is 5.66. The second-order valence-corrected chi connectivity index (χ2v) is 5.21. The van der Waals surface area contributed by atoms with Crippen LogP contribution in [-0.4, -0.2) is 18.4 Å². The normalized spacial score (nSPS) is 11.7. The number of imidazole rings is 1. The van der Waals surface area contributed by atoms with Crippen molar-refractivity contribution in [1.29, 1.82) is 0 Å². The molecule has 0 aliphatic carbocycles. The van der Waals surface area contributed by atoms with E-state index in [0.717, 1.165) is 12.1 Å². The molecule has 1 aromatic carbocycles. The Morgan fingerprint density at radius 1 is 1.33 bits per heavy atom. The quantitative estimate of drug-likeness (QED) is 0.878. The smallest absolute Gasteiger partial charge is 0.243 e. The van der Waals surface area contributed by atoms with Crippen molar-refractivity contribution in [3.05, 3.63) is 48.1 Å². The average molecular weight is 273 g/mol. The summed E-state index contributed by atoms with van der Waals surface area (Å²) in [7, 11) is -4.10. The first-order chi connectivity index (χ1) is 8.49. The van der Waals surface area contributed by atoms with Gasteiger partial charge in [0.15, 0.2) is 0 Å². The number of nitrogens with one attached hydrogen (secondary N) is 2. The summed E-state index contributed by atoms with van der Waals surface area (Å²) >= 11 is 0. The number of hydrogen-bond donors (Lipinski definition) is 2. The largest absolute Gasteiger partial charge is 0.347 e. The summed E-state index contributed by atoms with van der Waals surface area (Å²) < 4.78 is 51.9. The summed E-state index contributed by atoms with van der Waals surface area (Å²) in [6, 6.07) is 2.24. The standard InChI is InChI=1S/C10H9F2N3O2S/c11-7-1-2-9(12)10(3-7)18(16,17)15-5-8-4-13-6-14-8/h1-4,6,15H,5H2,(H,13,14). The van der Waals surface area contributed by atoms with E-state index in [4.69, 9.17) is 0 Å². The third-order valence-corrected chi connectivity index (χ3v) is 3.61. The van der Waals surface area contributed by atoms with Crippen LogP contribution in [0.4, 0.5) is 8.78 Å². The molecule has 0 radical (unpaired) electrons. The van der Waals surface area contributed by atoms with Crippen LogP contribution in [0, 0.1) is 11.6 Å². The van der Waals surface area contributed by atoms with Gasteiger partial charge in [-0.3, -0.25) is 0 Å². The van der Waals surface area contributed by atoms with Gasteiger partial charge in [0.05, 0.1) is 12.9 Å². The van der Waals surface area contributed by atoms with Crippen LogP contribution in [0.1, 0.15) is 5.69 Å². The van der Waals surface area contributed by atoms with E-state index in [-0.39, 0.29) is 6.54 Å². The lowest BCUT2D eigenvalue weighted by molar-refractivity contribution is 0.545. The van der Waals surface area contributed by atoms with Crippen LogP contribution in [-0.2, 0) is 16.6 Å². The van der Waals surface area contributed by atoms with Gasteiger partial charge in [0, 0.05) is 11.9 Å². The maximum Gasteiger partial charge on any atom is 0.243 e. The number of benzene rings is 1. The zero-order valence-electron chi connectivity index (χ0n) is 9.02. The fraction of sp³-hybridized carbons (Fsp3) is 0.100. The molecule has 2 aromatic rings. The Morgan fingerprint density at radius 3 is 2.78 bits per heavy atom. The molecule has 96 valence electrons. The maximum atomic E-state index is 13.3. The number of hydrogen-bond acceptors (Lipinski definition) is 3. The molecule has 0 fully saturated rings. The molecule has 0 aliphatic rings. The number of H-pyrrole nitrogens is 1. The number of aromatic nitrogens is 2. The van der Waals surface area contributed by atoms with Gasteiger partial charge < -0.3 is 4.98 Å². The third kappa shape index (κ3) is 2.71. The Kier molecular flexibility index (Phi) is 3.39. The summed E-state index contributed by atoms with van der Waals surface area (Å²) in [5.41, 5.74) is 0.510. The van der Waals surface area contributed by atoms with Gasteiger partial charge in [-0.15, -0.1) is 0 Å². The van der Waals surface area contributed by atoms with E-state index in [1.54, 1.807) is 0 Å². The predicted molar refractivity (Wildman–Crippen MR) is 59.0 cm³/mol. The van der Waals surface area contributed by atoms with Gasteiger partial charge in [0.2, 0.25) is 10.0 Å². The van der Waals surface area contributed by atoms with Crippen molar-refractivity contribution >= 4 is 10.0 Å². The van der Waals surface area contributed by atoms with Crippen LogP contribution in [0.5, 0.6) is 0 Å². The van der Waals surface area contributed by atoms with E-state index in [0.29, 0.717) is 11.8 Å². The molecule has 0 atom stereocenters. The molecule has 0 saturated carbocycles. The molecule has 0 spiro atoms. The Balaban J connectivity index is 2.22. The first-order valence-corrected chi connectivity index (χ1v) is 6.39. The van der Waals surface area contributed by atoms with Crippen LogP contribution >= 0.6 is 0 Å². The highest BCUT2D eigenvalue weighted by molar-refractivity contribution is 7.89. The van der Waals surface area contributed by atoms with Crippen molar-refractivity contribution in [2.24, 2.45) is 0 Å². The number of aromatic amines is 1. The SMILES string of the molecule is O=S(=O)(NCc1cnc[nH]1)c1cc(F)ccc1F. The summed E-state index contributed by atoms with van der Waals surface area (Å²) in [6.45, 7) is -0.0850. The zero-order chi connectivity index (χ0) is 13.2. The molecule has 1 heterocycles. The minimum Gasteiger partial charge on any atom is -0.347 e. The monoisotopic (exact) mass is 273 g/mol. The molecule has 0 unspecified atom stereocenters. The predicted octanol–water partition coefficient (Wildman–Crippen LogP) is 1.17. The van der Waals surface area contributed by atoms with Crippen LogP contribution in [0.25, 0.3) is 0 Å². The minimum absolute atomic E-state index is 0.0850. The second kappa shape index (κ2) is 4.83. The molecule has 5 nitrogen and oxygen atoms in total. The Hall–Kier alpha value is -1.80. The van der Waals surface area contributed by atoms with Crippen molar-refractivity contribution in [1.82, 2.24) is 14.7 Å². The lowest BCUT2D eigenvalue weighted by Gasteiger charge is -2.06. The van der Waals surface area contributed by atoms with Crippen molar-refractivity contribution in [2.75, 3.05) is 0 Å². The van der Waals surface area contributed by atoms with E-state index in [1.165, 1.54) is 12.5 Å². The number of nitrogens with zero attached hydrogens (tertiary/aromatic N) is 1. The molecular weight excluding hydrogens is 264 g/mol. The van der Waals surface area contributed by atoms with E-state index < -0.39 is 26.6 Å². The molecule has 0 aliphatic heterocycles. The van der Waals surface area contributed by atoms with Crippen LogP contribution < -0.4 is 4.72 Å². The maximum absolute atomic E-state index is 13.3. The van der Waals surface area contributed by atoms with Gasteiger partial charge in [-0.25, -0.2) is 26.9 Å². The molecule has 0 bridgehead atoms. The first kappa shape index (κ1) is 12.7. The molecule has 2 N–H and O–H groups in total. The van der Waals surface area contributed by atoms with Crippen molar-refractivity contribution in [3.63, 3.8) is 0 Å². The summed E-state index contributed by atoms with van der Waals surface area (Å²) in [6.07, 6.45) is 2.80. The number of halogens is 2. The molecule has 8 heteroatoms. The van der Waals surface area contributed by atoms with E-state index in [9.17, 15) is 17.2 Å². The van der Waals surface area contributed by atoms with Crippen LogP contribution in [0.3, 0.4) is 0 Å². The zero-order valence-corrected chi connectivity index (χ0v) is 9.84. The van der Waals surface area contributed by atoms with Gasteiger partial charge in [-0.1, -0.05) is 0 Å². The Morgan fingerprint density at radius 2 is 2.11 bits per heavy atom. The molecule has 0 saturated heterocycles. The van der Waals surface area contributed by atoms with Crippen molar-refractivity contribution in [2.45, 2.75) is 11.4 Å².